The number of nitroso groups, excluding NO2 is 1. The lowest BCUT2D eigenvalue weighted by Gasteiger charge is -2.27. The molecule has 1 N–H and O–H groups in total. The van der Waals surface area contributed by atoms with E-state index >= 15 is 0 Å². The summed E-state index contributed by atoms with van der Waals surface area (Å²) >= 11 is 0. The normalized spacial score (nSPS) is 26.5. The van der Waals surface area contributed by atoms with Gasteiger partial charge in [-0.05, 0) is 19.0 Å². The Labute approximate surface area is 110 Å². The van der Waals surface area contributed by atoms with Crippen molar-refractivity contribution in [2.45, 2.75) is 26.2 Å². The van der Waals surface area contributed by atoms with Gasteiger partial charge in [-0.3, -0.25) is 9.80 Å². The van der Waals surface area contributed by atoms with Gasteiger partial charge >= 0.3 is 12.1 Å². The Balaban J connectivity index is 2.41. The van der Waals surface area contributed by atoms with Crippen molar-refractivity contribution >= 4 is 12.1 Å². The maximum absolute atomic E-state index is 12.2. The molecule has 0 spiro atoms. The van der Waals surface area contributed by atoms with Crippen LogP contribution in [-0.4, -0.2) is 75.6 Å². The lowest BCUT2D eigenvalue weighted by Crippen LogP contribution is -2.46. The quantitative estimate of drug-likeness (QED) is 0.702. The van der Waals surface area contributed by atoms with Gasteiger partial charge in [0.15, 0.2) is 12.8 Å². The predicted molar refractivity (Wildman–Crippen MR) is 64.6 cm³/mol. The zero-order chi connectivity index (χ0) is 14.2. The van der Waals surface area contributed by atoms with Crippen LogP contribution in [0.2, 0.25) is 0 Å². The van der Waals surface area contributed by atoms with Gasteiger partial charge in [0, 0.05) is 13.1 Å². The van der Waals surface area contributed by atoms with E-state index in [1.165, 1.54) is 19.6 Å². The third-order valence-corrected chi connectivity index (χ3v) is 3.57. The Morgan fingerprint density at radius 3 is 1.89 bits per heavy atom. The van der Waals surface area contributed by atoms with Gasteiger partial charge in [0.25, 0.3) is 0 Å². The number of carbonyl (C=O) groups is 2. The fourth-order valence-electron chi connectivity index (χ4n) is 2.76. The number of likely N-dealkylation sites (N-methyl/N-ethyl adjacent to an activating group) is 2. The molecule has 2 fully saturated rings. The zero-order valence-electron chi connectivity index (χ0n) is 10.9. The van der Waals surface area contributed by atoms with Crippen LogP contribution in [0.15, 0.2) is 5.18 Å². The van der Waals surface area contributed by atoms with Gasteiger partial charge in [-0.1, -0.05) is 0 Å². The van der Waals surface area contributed by atoms with E-state index in [1.807, 2.05) is 0 Å². The van der Waals surface area contributed by atoms with Crippen molar-refractivity contribution in [2.75, 3.05) is 26.5 Å². The lowest BCUT2D eigenvalue weighted by molar-refractivity contribution is 0.0621. The van der Waals surface area contributed by atoms with Crippen LogP contribution in [0.25, 0.3) is 0 Å². The van der Waals surface area contributed by atoms with Gasteiger partial charge in [-0.15, -0.1) is 4.91 Å². The van der Waals surface area contributed by atoms with Gasteiger partial charge in [0.1, 0.15) is 12.9 Å². The van der Waals surface area contributed by atoms with Crippen molar-refractivity contribution in [2.24, 2.45) is 5.18 Å². The first-order valence-corrected chi connectivity index (χ1v) is 6.16. The molecule has 19 heavy (non-hydrogen) atoms. The van der Waals surface area contributed by atoms with Crippen LogP contribution in [0.4, 0.5) is 9.59 Å². The fraction of sp³-hybridized carbons (Fsp3) is 0.800. The lowest BCUT2D eigenvalue weighted by atomic mass is 10.3. The second-order valence-corrected chi connectivity index (χ2v) is 4.32. The van der Waals surface area contributed by atoms with Gasteiger partial charge in [-0.2, -0.15) is 0 Å². The topological polar surface area (TPSA) is 96.8 Å². The van der Waals surface area contributed by atoms with Gasteiger partial charge < -0.3 is 14.9 Å². The molecule has 0 bridgehead atoms. The van der Waals surface area contributed by atoms with Crippen LogP contribution >= 0.6 is 0 Å². The third-order valence-electron chi connectivity index (χ3n) is 3.57. The summed E-state index contributed by atoms with van der Waals surface area (Å²) in [5.41, 5.74) is 0. The highest BCUT2D eigenvalue weighted by Crippen LogP contribution is 2.34. The number of aliphatic hydroxyl groups excluding tert-OH is 1. The summed E-state index contributed by atoms with van der Waals surface area (Å²) in [6.45, 7) is 3.59. The first-order chi connectivity index (χ1) is 9.12. The second kappa shape index (κ2) is 5.00. The smallest absolute Gasteiger partial charge is 0.325 e. The molecule has 4 amide bonds. The van der Waals surface area contributed by atoms with Crippen LogP contribution in [0.1, 0.15) is 13.8 Å². The summed E-state index contributed by atoms with van der Waals surface area (Å²) in [6.07, 6.45) is -1.15. The largest absolute Gasteiger partial charge is 0.376 e. The molecule has 0 radical (unpaired) electrons. The number of amides is 4. The molecule has 2 heterocycles. The van der Waals surface area contributed by atoms with Crippen molar-refractivity contribution in [1.82, 2.24) is 19.6 Å². The van der Waals surface area contributed by atoms with E-state index in [-0.39, 0.29) is 18.7 Å². The molecule has 9 heteroatoms. The summed E-state index contributed by atoms with van der Waals surface area (Å²) < 4.78 is 0. The number of hydrogen-bond donors (Lipinski definition) is 1. The summed E-state index contributed by atoms with van der Waals surface area (Å²) in [4.78, 5) is 40.2. The monoisotopic (exact) mass is 271 g/mol. The van der Waals surface area contributed by atoms with E-state index in [0.717, 1.165) is 0 Å². The second-order valence-electron chi connectivity index (χ2n) is 4.32. The van der Waals surface area contributed by atoms with Gasteiger partial charge in [0.05, 0.1) is 0 Å². The fourth-order valence-corrected chi connectivity index (χ4v) is 2.76. The summed E-state index contributed by atoms with van der Waals surface area (Å²) in [7, 11) is 0. The molecule has 106 valence electrons. The summed E-state index contributed by atoms with van der Waals surface area (Å²) in [5, 5.41) is 12.1. The number of fused-ring (bicyclic) bond motifs is 1. The van der Waals surface area contributed by atoms with Crippen molar-refractivity contribution in [1.29, 1.82) is 0 Å². The van der Waals surface area contributed by atoms with Gasteiger partial charge in [0.2, 0.25) is 0 Å². The van der Waals surface area contributed by atoms with Crippen molar-refractivity contribution in [3.8, 4) is 0 Å². The van der Waals surface area contributed by atoms with Crippen LogP contribution in [0.5, 0.6) is 0 Å². The molecule has 0 aromatic carbocycles. The number of urea groups is 2. The molecule has 2 unspecified atom stereocenters. The van der Waals surface area contributed by atoms with E-state index in [9.17, 15) is 19.6 Å². The van der Waals surface area contributed by atoms with Crippen molar-refractivity contribution < 1.29 is 14.7 Å². The minimum Gasteiger partial charge on any atom is -0.376 e. The molecule has 0 saturated carbocycles. The molecule has 0 aromatic rings. The van der Waals surface area contributed by atoms with Crippen LogP contribution < -0.4 is 0 Å². The average Bonchev–Trinajstić information content (AvgIpc) is 2.82. The Morgan fingerprint density at radius 2 is 1.47 bits per heavy atom. The van der Waals surface area contributed by atoms with Crippen LogP contribution in [-0.2, 0) is 0 Å². The minimum absolute atomic E-state index is 0.335. The van der Waals surface area contributed by atoms with Crippen molar-refractivity contribution in [3.05, 3.63) is 4.91 Å². The Hall–Kier alpha value is -1.90. The molecule has 2 atom stereocenters. The number of hydrogen-bond acceptors (Lipinski definition) is 5. The number of carbonyl (C=O) groups excluding carboxylic acids is 2. The summed E-state index contributed by atoms with van der Waals surface area (Å²) in [6, 6.07) is -0.691. The number of aliphatic hydroxyl groups is 1. The van der Waals surface area contributed by atoms with E-state index < -0.39 is 19.1 Å². The molecule has 2 aliphatic rings. The zero-order valence-corrected chi connectivity index (χ0v) is 10.9. The average molecular weight is 271 g/mol. The summed E-state index contributed by atoms with van der Waals surface area (Å²) in [5.74, 6) is 0. The molecule has 9 nitrogen and oxygen atoms in total. The highest BCUT2D eigenvalue weighted by molar-refractivity contribution is 5.85. The standard InChI is InChI=1S/C10H17N5O4/c1-3-12-7-8(14(5-11-19)9(12)17)15(6-16)10(18)13(7)4-2/h7-8,16H,3-6H2,1-2H3. The number of rotatable bonds is 5. The molecule has 0 aromatic heterocycles. The molecule has 2 rings (SSSR count). The molecule has 0 aliphatic carbocycles. The van der Waals surface area contributed by atoms with E-state index in [4.69, 9.17) is 0 Å². The predicted octanol–water partition coefficient (Wildman–Crippen LogP) is -0.173. The Morgan fingerprint density at radius 1 is 1.00 bits per heavy atom. The maximum atomic E-state index is 12.2. The van der Waals surface area contributed by atoms with Crippen molar-refractivity contribution in [3.63, 3.8) is 0 Å². The van der Waals surface area contributed by atoms with E-state index in [2.05, 4.69) is 5.18 Å². The maximum Gasteiger partial charge on any atom is 0.325 e. The van der Waals surface area contributed by atoms with Crippen LogP contribution in [0.3, 0.4) is 0 Å². The highest BCUT2D eigenvalue weighted by atomic mass is 16.3. The molecule has 2 saturated heterocycles. The first-order valence-electron chi connectivity index (χ1n) is 6.16. The molecular formula is C10H17N5O4. The van der Waals surface area contributed by atoms with E-state index in [0.29, 0.717) is 13.1 Å². The number of nitrogens with zero attached hydrogens (tertiary/aromatic N) is 5. The third kappa shape index (κ3) is 1.72. The molecule has 2 aliphatic heterocycles. The Bertz CT molecular complexity index is 401. The highest BCUT2D eigenvalue weighted by Gasteiger charge is 2.58. The first kappa shape index (κ1) is 13.5. The van der Waals surface area contributed by atoms with Gasteiger partial charge in [-0.25, -0.2) is 9.59 Å². The molecular weight excluding hydrogens is 254 g/mol. The van der Waals surface area contributed by atoms with E-state index in [1.54, 1.807) is 13.8 Å². The SMILES string of the molecule is CCN1C(=O)N(CO)C2C1N(CC)C(=O)N2CN=O. The van der Waals surface area contributed by atoms with Crippen LogP contribution in [0, 0.1) is 4.91 Å². The minimum atomic E-state index is -0.664. The Kier molecular flexibility index (Phi) is 3.56.